The Labute approximate surface area is 169 Å². The molecule has 0 aliphatic carbocycles. The number of rotatable bonds is 0. The molecule has 2 aromatic carbocycles. The van der Waals surface area contributed by atoms with Crippen LogP contribution in [-0.2, 0) is 0 Å². The van der Waals surface area contributed by atoms with Crippen LogP contribution in [0.25, 0.3) is 55.4 Å². The van der Waals surface area contributed by atoms with E-state index in [9.17, 15) is 0 Å². The van der Waals surface area contributed by atoms with E-state index in [0.29, 0.717) is 0 Å². The van der Waals surface area contributed by atoms with Crippen molar-refractivity contribution in [3.8, 4) is 0 Å². The highest BCUT2D eigenvalue weighted by Crippen LogP contribution is 2.30. The number of aromatic nitrogens is 6. The van der Waals surface area contributed by atoms with Crippen LogP contribution in [0.15, 0.2) is 85.2 Å². The molecule has 0 radical (unpaired) electrons. The second-order valence-electron chi connectivity index (χ2n) is 7.27. The Morgan fingerprint density at radius 3 is 1.43 bits per heavy atom. The molecular weight excluding hydrogens is 372 g/mol. The lowest BCUT2D eigenvalue weighted by atomic mass is 10.2. The summed E-state index contributed by atoms with van der Waals surface area (Å²) in [5.41, 5.74) is 7.10. The zero-order valence-electron chi connectivity index (χ0n) is 15.8. The normalized spacial score (nSPS) is 12.0. The van der Waals surface area contributed by atoms with E-state index in [1.54, 1.807) is 0 Å². The number of benzene rings is 2. The monoisotopic (exact) mass is 386 g/mol. The van der Waals surface area contributed by atoms with E-state index in [0.717, 1.165) is 55.4 Å². The molecular formula is C24H14N6. The van der Waals surface area contributed by atoms with Crippen LogP contribution in [0.1, 0.15) is 0 Å². The van der Waals surface area contributed by atoms with Gasteiger partial charge in [-0.25, -0.2) is 19.9 Å². The van der Waals surface area contributed by atoms with Gasteiger partial charge in [-0.1, -0.05) is 24.3 Å². The van der Waals surface area contributed by atoms with Gasteiger partial charge in [-0.05, 0) is 48.5 Å². The summed E-state index contributed by atoms with van der Waals surface area (Å²) in [6.45, 7) is 0. The summed E-state index contributed by atoms with van der Waals surface area (Å²) < 4.78 is 4.28. The van der Waals surface area contributed by atoms with Gasteiger partial charge in [0.2, 0.25) is 0 Å². The largest absolute Gasteiger partial charge is 0.276 e. The zero-order chi connectivity index (χ0) is 19.7. The SMILES string of the molecule is c1cnc2c(c1)nc1c3ccccc3n3c4ncccc4nc3c3ccccc3n21. The van der Waals surface area contributed by atoms with E-state index in [2.05, 4.69) is 43.0 Å². The third kappa shape index (κ3) is 1.92. The lowest BCUT2D eigenvalue weighted by molar-refractivity contribution is 1.23. The maximum Gasteiger partial charge on any atom is 0.164 e. The predicted molar refractivity (Wildman–Crippen MR) is 118 cm³/mol. The van der Waals surface area contributed by atoms with Crippen LogP contribution in [0.4, 0.5) is 0 Å². The summed E-state index contributed by atoms with van der Waals surface area (Å²) >= 11 is 0. The van der Waals surface area contributed by atoms with Crippen molar-refractivity contribution in [1.82, 2.24) is 28.7 Å². The molecule has 0 fully saturated rings. The van der Waals surface area contributed by atoms with Gasteiger partial charge in [-0.15, -0.1) is 0 Å². The Bertz CT molecular complexity index is 1670. The van der Waals surface area contributed by atoms with Gasteiger partial charge in [0.15, 0.2) is 11.3 Å². The zero-order valence-corrected chi connectivity index (χ0v) is 15.8. The number of imidazole rings is 2. The molecule has 0 atom stereocenters. The smallest absolute Gasteiger partial charge is 0.164 e. The van der Waals surface area contributed by atoms with Crippen LogP contribution in [-0.4, -0.2) is 28.7 Å². The Morgan fingerprint density at radius 2 is 0.933 bits per heavy atom. The first-order valence-electron chi connectivity index (χ1n) is 9.77. The van der Waals surface area contributed by atoms with Crippen LogP contribution >= 0.6 is 0 Å². The Kier molecular flexibility index (Phi) is 2.91. The lowest BCUT2D eigenvalue weighted by Gasteiger charge is -2.07. The first-order chi connectivity index (χ1) is 14.9. The molecule has 0 amide bonds. The summed E-state index contributed by atoms with van der Waals surface area (Å²) in [4.78, 5) is 19.3. The summed E-state index contributed by atoms with van der Waals surface area (Å²) in [5.74, 6) is 0. The maximum atomic E-state index is 4.98. The third-order valence-electron chi connectivity index (χ3n) is 5.60. The Morgan fingerprint density at radius 1 is 0.467 bits per heavy atom. The molecule has 0 aliphatic rings. The molecule has 0 saturated heterocycles. The fraction of sp³-hybridized carbons (Fsp3) is 0. The fourth-order valence-electron chi connectivity index (χ4n) is 4.36. The molecule has 0 bridgehead atoms. The van der Waals surface area contributed by atoms with Crippen LogP contribution in [0, 0.1) is 0 Å². The van der Waals surface area contributed by atoms with E-state index in [1.165, 1.54) is 0 Å². The van der Waals surface area contributed by atoms with E-state index in [1.807, 2.05) is 60.9 Å². The van der Waals surface area contributed by atoms with Crippen molar-refractivity contribution in [2.75, 3.05) is 0 Å². The van der Waals surface area contributed by atoms with Crippen molar-refractivity contribution in [2.24, 2.45) is 0 Å². The van der Waals surface area contributed by atoms with Crippen molar-refractivity contribution in [3.05, 3.63) is 85.2 Å². The fourth-order valence-corrected chi connectivity index (χ4v) is 4.36. The van der Waals surface area contributed by atoms with Crippen LogP contribution in [0.5, 0.6) is 0 Å². The van der Waals surface area contributed by atoms with E-state index in [4.69, 9.17) is 9.97 Å². The lowest BCUT2D eigenvalue weighted by Crippen LogP contribution is -1.94. The molecule has 0 saturated carbocycles. The minimum atomic E-state index is 0.831. The molecule has 0 unspecified atom stereocenters. The van der Waals surface area contributed by atoms with Crippen LogP contribution in [0.3, 0.4) is 0 Å². The highest BCUT2D eigenvalue weighted by Gasteiger charge is 2.15. The van der Waals surface area contributed by atoms with Crippen LogP contribution in [0.2, 0.25) is 0 Å². The quantitative estimate of drug-likeness (QED) is 0.370. The Hall–Kier alpha value is -4.32. The molecule has 30 heavy (non-hydrogen) atoms. The first-order valence-corrected chi connectivity index (χ1v) is 9.77. The van der Waals surface area contributed by atoms with E-state index in [-0.39, 0.29) is 0 Å². The van der Waals surface area contributed by atoms with Gasteiger partial charge in [0.25, 0.3) is 0 Å². The van der Waals surface area contributed by atoms with Crippen molar-refractivity contribution >= 4 is 55.4 Å². The third-order valence-corrected chi connectivity index (χ3v) is 5.60. The molecule has 0 aliphatic heterocycles. The number of hydrogen-bond donors (Lipinski definition) is 0. The number of nitrogens with zero attached hydrogens (tertiary/aromatic N) is 6. The van der Waals surface area contributed by atoms with Crippen LogP contribution < -0.4 is 0 Å². The van der Waals surface area contributed by atoms with Gasteiger partial charge in [-0.3, -0.25) is 8.80 Å². The van der Waals surface area contributed by atoms with Crippen molar-refractivity contribution in [2.45, 2.75) is 0 Å². The average molecular weight is 386 g/mol. The highest BCUT2D eigenvalue weighted by atomic mass is 15.1. The number of hydrogen-bond acceptors (Lipinski definition) is 4. The van der Waals surface area contributed by atoms with Gasteiger partial charge in [0, 0.05) is 23.2 Å². The molecule has 5 aromatic heterocycles. The van der Waals surface area contributed by atoms with Crippen molar-refractivity contribution in [1.29, 1.82) is 0 Å². The van der Waals surface area contributed by atoms with Gasteiger partial charge in [0.05, 0.1) is 11.0 Å². The number of fused-ring (bicyclic) bond motifs is 12. The standard InChI is InChI=1S/C24H14N6/c1-3-11-19-15(7-1)21-27-17-9-5-14-26-24(17)30(21)20-12-4-2-8-16(20)22-28-18-10-6-13-25-23(18)29(19)22/h1-14H. The highest BCUT2D eigenvalue weighted by molar-refractivity contribution is 6.05. The van der Waals surface area contributed by atoms with Gasteiger partial charge in [0.1, 0.15) is 22.3 Å². The molecule has 5 heterocycles. The molecule has 6 heteroatoms. The molecule has 7 rings (SSSR count). The second kappa shape index (κ2) is 5.61. The van der Waals surface area contributed by atoms with E-state index < -0.39 is 0 Å². The molecule has 0 N–H and O–H groups in total. The predicted octanol–water partition coefficient (Wildman–Crippen LogP) is 4.95. The molecule has 6 nitrogen and oxygen atoms in total. The minimum absolute atomic E-state index is 0.831. The second-order valence-corrected chi connectivity index (χ2v) is 7.27. The summed E-state index contributed by atoms with van der Waals surface area (Å²) in [6, 6.07) is 24.4. The van der Waals surface area contributed by atoms with Gasteiger partial charge < -0.3 is 0 Å². The van der Waals surface area contributed by atoms with Gasteiger partial charge >= 0.3 is 0 Å². The van der Waals surface area contributed by atoms with Crippen molar-refractivity contribution < 1.29 is 0 Å². The topological polar surface area (TPSA) is 60.4 Å². The number of pyridine rings is 2. The number of para-hydroxylation sites is 2. The molecule has 140 valence electrons. The summed E-state index contributed by atoms with van der Waals surface area (Å²) in [7, 11) is 0. The Balaban J connectivity index is 1.98. The first kappa shape index (κ1) is 15.6. The maximum absolute atomic E-state index is 4.98. The van der Waals surface area contributed by atoms with Crippen molar-refractivity contribution in [3.63, 3.8) is 0 Å². The van der Waals surface area contributed by atoms with E-state index >= 15 is 0 Å². The summed E-state index contributed by atoms with van der Waals surface area (Å²) in [6.07, 6.45) is 3.62. The molecule has 0 spiro atoms. The molecule has 7 aromatic rings. The van der Waals surface area contributed by atoms with Gasteiger partial charge in [-0.2, -0.15) is 0 Å². The average Bonchev–Trinajstić information content (AvgIpc) is 3.36. The summed E-state index contributed by atoms with van der Waals surface area (Å²) in [5, 5.41) is 2.02. The minimum Gasteiger partial charge on any atom is -0.276 e.